The molecule has 0 aliphatic carbocycles. The molecule has 0 saturated carbocycles. The molecule has 1 amide bonds. The first-order valence-electron chi connectivity index (χ1n) is 6.68. The highest BCUT2D eigenvalue weighted by Crippen LogP contribution is 2.21. The van der Waals surface area contributed by atoms with Crippen molar-refractivity contribution >= 4 is 29.0 Å². The number of ether oxygens (including phenoxy) is 1. The Bertz CT molecular complexity index is 782. The number of anilines is 1. The largest absolute Gasteiger partial charge is 0.465 e. The topological polar surface area (TPSA) is 103 Å². The van der Waals surface area contributed by atoms with Crippen molar-refractivity contribution in [1.29, 1.82) is 0 Å². The van der Waals surface area contributed by atoms with Crippen molar-refractivity contribution in [3.8, 4) is 0 Å². The van der Waals surface area contributed by atoms with E-state index in [9.17, 15) is 14.4 Å². The van der Waals surface area contributed by atoms with Gasteiger partial charge in [-0.1, -0.05) is 19.1 Å². The molecule has 8 nitrogen and oxygen atoms in total. The summed E-state index contributed by atoms with van der Waals surface area (Å²) in [7, 11) is 1.23. The Hall–Kier alpha value is -2.77. The van der Waals surface area contributed by atoms with Crippen molar-refractivity contribution in [1.82, 2.24) is 15.0 Å². The molecule has 116 valence electrons. The molecule has 0 aliphatic rings. The van der Waals surface area contributed by atoms with Crippen molar-refractivity contribution in [3.05, 3.63) is 28.0 Å². The molecule has 0 radical (unpaired) electrons. The Morgan fingerprint density at radius 1 is 1.45 bits per heavy atom. The first-order valence-corrected chi connectivity index (χ1v) is 6.68. The summed E-state index contributed by atoms with van der Waals surface area (Å²) in [5.41, 5.74) is 0.235. The molecule has 0 atom stereocenters. The van der Waals surface area contributed by atoms with Crippen LogP contribution in [0.15, 0.2) is 16.9 Å². The SMILES string of the molecule is COC(=O)c1cc2nnn(CC(C)C)c(=O)c2cc1NC=O. The van der Waals surface area contributed by atoms with Crippen molar-refractivity contribution in [2.24, 2.45) is 5.92 Å². The molecular formula is C14H16N4O4. The maximum absolute atomic E-state index is 12.4. The molecule has 0 aliphatic heterocycles. The van der Waals surface area contributed by atoms with Crippen molar-refractivity contribution < 1.29 is 14.3 Å². The lowest BCUT2D eigenvalue weighted by Gasteiger charge is -2.10. The molecule has 2 aromatic rings. The molecule has 8 heteroatoms. The number of aromatic nitrogens is 3. The lowest BCUT2D eigenvalue weighted by Crippen LogP contribution is -2.26. The number of methoxy groups -OCH3 is 1. The first kappa shape index (κ1) is 15.6. The van der Waals surface area contributed by atoms with Crippen LogP contribution in [-0.4, -0.2) is 34.5 Å². The average molecular weight is 304 g/mol. The predicted octanol–water partition coefficient (Wildman–Crippen LogP) is 0.802. The number of hydrogen-bond donors (Lipinski definition) is 1. The van der Waals surface area contributed by atoms with Crippen LogP contribution >= 0.6 is 0 Å². The number of amides is 1. The maximum atomic E-state index is 12.4. The van der Waals surface area contributed by atoms with E-state index in [-0.39, 0.29) is 33.6 Å². The van der Waals surface area contributed by atoms with E-state index in [0.29, 0.717) is 13.0 Å². The number of fused-ring (bicyclic) bond motifs is 1. The molecular weight excluding hydrogens is 288 g/mol. The number of carbonyl (C=O) groups is 2. The minimum absolute atomic E-state index is 0.109. The van der Waals surface area contributed by atoms with E-state index in [1.165, 1.54) is 23.9 Å². The van der Waals surface area contributed by atoms with Gasteiger partial charge in [0, 0.05) is 6.54 Å². The zero-order valence-electron chi connectivity index (χ0n) is 12.5. The van der Waals surface area contributed by atoms with Crippen LogP contribution in [0.25, 0.3) is 10.9 Å². The first-order chi connectivity index (χ1) is 10.5. The zero-order chi connectivity index (χ0) is 16.3. The molecule has 0 unspecified atom stereocenters. The molecule has 0 spiro atoms. The van der Waals surface area contributed by atoms with E-state index in [1.54, 1.807) is 0 Å². The zero-order valence-corrected chi connectivity index (χ0v) is 12.5. The third kappa shape index (κ3) is 2.95. The molecule has 0 fully saturated rings. The van der Waals surface area contributed by atoms with Crippen LogP contribution in [-0.2, 0) is 16.1 Å². The van der Waals surface area contributed by atoms with Crippen LogP contribution in [0.2, 0.25) is 0 Å². The number of rotatable bonds is 5. The summed E-state index contributed by atoms with van der Waals surface area (Å²) in [5, 5.41) is 10.5. The summed E-state index contributed by atoms with van der Waals surface area (Å²) in [6.45, 7) is 4.34. The van der Waals surface area contributed by atoms with E-state index >= 15 is 0 Å². The predicted molar refractivity (Wildman–Crippen MR) is 79.7 cm³/mol. The third-order valence-corrected chi connectivity index (χ3v) is 3.02. The van der Waals surface area contributed by atoms with Crippen molar-refractivity contribution in [3.63, 3.8) is 0 Å². The lowest BCUT2D eigenvalue weighted by molar-refractivity contribution is -0.105. The molecule has 1 heterocycles. The summed E-state index contributed by atoms with van der Waals surface area (Å²) < 4.78 is 5.91. The number of nitrogens with one attached hydrogen (secondary N) is 1. The molecule has 0 bridgehead atoms. The van der Waals surface area contributed by atoms with E-state index < -0.39 is 5.97 Å². The van der Waals surface area contributed by atoms with Gasteiger partial charge < -0.3 is 10.1 Å². The van der Waals surface area contributed by atoms with Crippen molar-refractivity contribution in [2.45, 2.75) is 20.4 Å². The van der Waals surface area contributed by atoms with Gasteiger partial charge in [0.15, 0.2) is 0 Å². The van der Waals surface area contributed by atoms with Crippen LogP contribution in [0.1, 0.15) is 24.2 Å². The van der Waals surface area contributed by atoms with Gasteiger partial charge in [-0.25, -0.2) is 9.48 Å². The highest BCUT2D eigenvalue weighted by Gasteiger charge is 2.16. The molecule has 2 rings (SSSR count). The standard InChI is InChI=1S/C14H16N4O4/c1-8(2)6-18-13(20)9-4-11(15-7-19)10(14(21)22-3)5-12(9)16-17-18/h4-5,7-8H,6H2,1-3H3,(H,15,19). The second-order valence-electron chi connectivity index (χ2n) is 5.14. The fraction of sp³-hybridized carbons (Fsp3) is 0.357. The van der Waals surface area contributed by atoms with Gasteiger partial charge in [-0.3, -0.25) is 9.59 Å². The van der Waals surface area contributed by atoms with Gasteiger partial charge in [0.2, 0.25) is 6.41 Å². The maximum Gasteiger partial charge on any atom is 0.340 e. The fourth-order valence-electron chi connectivity index (χ4n) is 2.05. The molecule has 1 N–H and O–H groups in total. The summed E-state index contributed by atoms with van der Waals surface area (Å²) in [4.78, 5) is 34.8. The number of esters is 1. The average Bonchev–Trinajstić information content (AvgIpc) is 2.49. The van der Waals surface area contributed by atoms with Crippen LogP contribution in [0.5, 0.6) is 0 Å². The van der Waals surface area contributed by atoms with Gasteiger partial charge in [0.1, 0.15) is 5.52 Å². The molecule has 22 heavy (non-hydrogen) atoms. The highest BCUT2D eigenvalue weighted by atomic mass is 16.5. The van der Waals surface area contributed by atoms with Crippen LogP contribution in [0.4, 0.5) is 5.69 Å². The van der Waals surface area contributed by atoms with Gasteiger partial charge in [-0.15, -0.1) is 5.10 Å². The Kier molecular flexibility index (Phi) is 4.50. The second-order valence-corrected chi connectivity index (χ2v) is 5.14. The Balaban J connectivity index is 2.68. The van der Waals surface area contributed by atoms with Crippen LogP contribution in [0.3, 0.4) is 0 Å². The summed E-state index contributed by atoms with van der Waals surface area (Å²) in [5.74, 6) is -0.411. The van der Waals surface area contributed by atoms with E-state index in [1.807, 2.05) is 13.8 Å². The van der Waals surface area contributed by atoms with Crippen molar-refractivity contribution in [2.75, 3.05) is 12.4 Å². The molecule has 1 aromatic carbocycles. The van der Waals surface area contributed by atoms with E-state index in [0.717, 1.165) is 0 Å². The van der Waals surface area contributed by atoms with Crippen LogP contribution in [0, 0.1) is 5.92 Å². The van der Waals surface area contributed by atoms with Crippen LogP contribution < -0.4 is 10.9 Å². The Labute approximate surface area is 126 Å². The quantitative estimate of drug-likeness (QED) is 0.647. The number of hydrogen-bond acceptors (Lipinski definition) is 6. The summed E-state index contributed by atoms with van der Waals surface area (Å²) in [6.07, 6.45) is 0.425. The van der Waals surface area contributed by atoms with Gasteiger partial charge in [0.05, 0.1) is 23.7 Å². The molecule has 1 aromatic heterocycles. The van der Waals surface area contributed by atoms with Gasteiger partial charge in [0.25, 0.3) is 5.56 Å². The normalized spacial score (nSPS) is 10.7. The molecule has 0 saturated heterocycles. The Morgan fingerprint density at radius 2 is 2.18 bits per heavy atom. The van der Waals surface area contributed by atoms with E-state index in [2.05, 4.69) is 20.4 Å². The van der Waals surface area contributed by atoms with E-state index in [4.69, 9.17) is 0 Å². The number of nitrogens with zero attached hydrogens (tertiary/aromatic N) is 3. The van der Waals surface area contributed by atoms with Gasteiger partial charge in [-0.05, 0) is 18.1 Å². The van der Waals surface area contributed by atoms with Gasteiger partial charge in [-0.2, -0.15) is 0 Å². The summed E-state index contributed by atoms with van der Waals surface area (Å²) in [6, 6.07) is 2.78. The lowest BCUT2D eigenvalue weighted by atomic mass is 10.1. The second kappa shape index (κ2) is 6.33. The minimum atomic E-state index is -0.639. The number of benzene rings is 1. The minimum Gasteiger partial charge on any atom is -0.465 e. The summed E-state index contributed by atoms with van der Waals surface area (Å²) >= 11 is 0. The smallest absolute Gasteiger partial charge is 0.340 e. The monoisotopic (exact) mass is 304 g/mol. The van der Waals surface area contributed by atoms with Gasteiger partial charge >= 0.3 is 5.97 Å². The highest BCUT2D eigenvalue weighted by molar-refractivity contribution is 6.02. The Morgan fingerprint density at radius 3 is 2.77 bits per heavy atom. The number of carbonyl (C=O) groups excluding carboxylic acids is 2. The third-order valence-electron chi connectivity index (χ3n) is 3.02. The fourth-order valence-corrected chi connectivity index (χ4v) is 2.05.